The van der Waals surface area contributed by atoms with Crippen LogP contribution in [0.1, 0.15) is 37.8 Å². The quantitative estimate of drug-likeness (QED) is 0.843. The summed E-state index contributed by atoms with van der Waals surface area (Å²) in [6.07, 6.45) is 3.91. The summed E-state index contributed by atoms with van der Waals surface area (Å²) in [6.45, 7) is 2.15. The van der Waals surface area contributed by atoms with Gasteiger partial charge in [0.25, 0.3) is 0 Å². The first-order chi connectivity index (χ1) is 8.20. The molecule has 2 N–H and O–H groups in total. The van der Waals surface area contributed by atoms with Crippen molar-refractivity contribution in [1.82, 2.24) is 5.32 Å². The average molecular weight is 235 g/mol. The highest BCUT2D eigenvalue weighted by Crippen LogP contribution is 2.25. The molecule has 3 atom stereocenters. The number of aromatic hydroxyl groups is 1. The number of methoxy groups -OCH3 is 1. The third-order valence-electron chi connectivity index (χ3n) is 3.61. The van der Waals surface area contributed by atoms with E-state index >= 15 is 0 Å². The predicted octanol–water partition coefficient (Wildman–Crippen LogP) is 2.61. The molecule has 0 saturated heterocycles. The molecular weight excluding hydrogens is 214 g/mol. The van der Waals surface area contributed by atoms with Crippen molar-refractivity contribution < 1.29 is 9.84 Å². The fourth-order valence-electron chi connectivity index (χ4n) is 2.58. The molecule has 3 unspecified atom stereocenters. The Morgan fingerprint density at radius 2 is 2.00 bits per heavy atom. The van der Waals surface area contributed by atoms with Crippen LogP contribution in [0.4, 0.5) is 0 Å². The Morgan fingerprint density at radius 3 is 2.65 bits per heavy atom. The summed E-state index contributed by atoms with van der Waals surface area (Å²) in [4.78, 5) is 0. The fourth-order valence-corrected chi connectivity index (χ4v) is 2.58. The molecule has 1 aromatic rings. The molecular formula is C14H21NO2. The number of phenolic OH excluding ortho intramolecular Hbond substituents is 1. The molecule has 0 bridgehead atoms. The lowest BCUT2D eigenvalue weighted by Gasteiger charge is -2.24. The third kappa shape index (κ3) is 2.99. The van der Waals surface area contributed by atoms with Gasteiger partial charge in [0.15, 0.2) is 0 Å². The highest BCUT2D eigenvalue weighted by Gasteiger charge is 2.28. The van der Waals surface area contributed by atoms with Crippen molar-refractivity contribution in [1.29, 1.82) is 0 Å². The van der Waals surface area contributed by atoms with Gasteiger partial charge in [-0.05, 0) is 43.9 Å². The van der Waals surface area contributed by atoms with Crippen LogP contribution in [0, 0.1) is 0 Å². The van der Waals surface area contributed by atoms with Gasteiger partial charge in [-0.25, -0.2) is 0 Å². The summed E-state index contributed by atoms with van der Waals surface area (Å²) < 4.78 is 5.48. The highest BCUT2D eigenvalue weighted by atomic mass is 16.5. The SMILES string of the molecule is COC1CCCC1NC(C)c1ccc(O)cc1. The zero-order chi connectivity index (χ0) is 12.3. The molecule has 17 heavy (non-hydrogen) atoms. The maximum absolute atomic E-state index is 9.26. The van der Waals surface area contributed by atoms with E-state index in [9.17, 15) is 5.11 Å². The molecule has 2 rings (SSSR count). The van der Waals surface area contributed by atoms with Crippen LogP contribution in [0.5, 0.6) is 5.75 Å². The van der Waals surface area contributed by atoms with Crippen molar-refractivity contribution in [3.05, 3.63) is 29.8 Å². The van der Waals surface area contributed by atoms with Gasteiger partial charge in [-0.15, -0.1) is 0 Å². The molecule has 0 amide bonds. The van der Waals surface area contributed by atoms with Gasteiger partial charge in [-0.2, -0.15) is 0 Å². The van der Waals surface area contributed by atoms with Crippen LogP contribution in [-0.2, 0) is 4.74 Å². The minimum atomic E-state index is 0.288. The van der Waals surface area contributed by atoms with Crippen molar-refractivity contribution in [3.63, 3.8) is 0 Å². The van der Waals surface area contributed by atoms with Crippen LogP contribution in [0.2, 0.25) is 0 Å². The molecule has 0 radical (unpaired) electrons. The highest BCUT2D eigenvalue weighted by molar-refractivity contribution is 5.27. The largest absolute Gasteiger partial charge is 0.508 e. The molecule has 1 aliphatic rings. The zero-order valence-electron chi connectivity index (χ0n) is 10.5. The normalized spacial score (nSPS) is 26.0. The summed E-state index contributed by atoms with van der Waals surface area (Å²) in [6, 6.07) is 8.12. The molecule has 1 aromatic carbocycles. The first-order valence-corrected chi connectivity index (χ1v) is 6.28. The van der Waals surface area contributed by atoms with Gasteiger partial charge in [-0.3, -0.25) is 0 Å². The molecule has 1 fully saturated rings. The Bertz CT molecular complexity index is 350. The summed E-state index contributed by atoms with van der Waals surface area (Å²) in [7, 11) is 1.79. The molecule has 3 nitrogen and oxygen atoms in total. The maximum Gasteiger partial charge on any atom is 0.115 e. The summed E-state index contributed by atoms with van der Waals surface area (Å²) in [5.74, 6) is 0.316. The fraction of sp³-hybridized carbons (Fsp3) is 0.571. The average Bonchev–Trinajstić information content (AvgIpc) is 2.77. The summed E-state index contributed by atoms with van der Waals surface area (Å²) >= 11 is 0. The van der Waals surface area contributed by atoms with Gasteiger partial charge in [0, 0.05) is 19.2 Å². The van der Waals surface area contributed by atoms with Gasteiger partial charge in [0.05, 0.1) is 6.10 Å². The number of ether oxygens (including phenoxy) is 1. The molecule has 1 aliphatic carbocycles. The molecule has 0 heterocycles. The molecule has 3 heteroatoms. The predicted molar refractivity (Wildman–Crippen MR) is 68.1 cm³/mol. The summed E-state index contributed by atoms with van der Waals surface area (Å²) in [5.41, 5.74) is 1.20. The van der Waals surface area contributed by atoms with E-state index in [-0.39, 0.29) is 6.04 Å². The van der Waals surface area contributed by atoms with Crippen molar-refractivity contribution in [2.24, 2.45) is 0 Å². The first-order valence-electron chi connectivity index (χ1n) is 6.28. The summed E-state index contributed by atoms with van der Waals surface area (Å²) in [5, 5.41) is 12.9. The Balaban J connectivity index is 1.96. The van der Waals surface area contributed by atoms with Crippen LogP contribution < -0.4 is 5.32 Å². The second kappa shape index (κ2) is 5.52. The van der Waals surface area contributed by atoms with E-state index in [2.05, 4.69) is 12.2 Å². The monoisotopic (exact) mass is 235 g/mol. The van der Waals surface area contributed by atoms with Crippen LogP contribution in [0.25, 0.3) is 0 Å². The van der Waals surface area contributed by atoms with Gasteiger partial charge < -0.3 is 15.2 Å². The number of benzene rings is 1. The molecule has 1 saturated carbocycles. The molecule has 0 aromatic heterocycles. The standard InChI is InChI=1S/C14H21NO2/c1-10(11-6-8-12(16)9-7-11)15-13-4-3-5-14(13)17-2/h6-10,13-16H,3-5H2,1-2H3. The van der Waals surface area contributed by atoms with Crippen molar-refractivity contribution >= 4 is 0 Å². The van der Waals surface area contributed by atoms with Crippen LogP contribution >= 0.6 is 0 Å². The topological polar surface area (TPSA) is 41.5 Å². The second-order valence-corrected chi connectivity index (χ2v) is 4.79. The van der Waals surface area contributed by atoms with Gasteiger partial charge in [0.2, 0.25) is 0 Å². The van der Waals surface area contributed by atoms with E-state index in [1.54, 1.807) is 19.2 Å². The lowest BCUT2D eigenvalue weighted by atomic mass is 10.1. The number of rotatable bonds is 4. The number of hydrogen-bond donors (Lipinski definition) is 2. The van der Waals surface area contributed by atoms with Gasteiger partial charge in [-0.1, -0.05) is 12.1 Å². The lowest BCUT2D eigenvalue weighted by molar-refractivity contribution is 0.0820. The first kappa shape index (κ1) is 12.4. The molecule has 94 valence electrons. The number of nitrogens with one attached hydrogen (secondary N) is 1. The smallest absolute Gasteiger partial charge is 0.115 e. The lowest BCUT2D eigenvalue weighted by Crippen LogP contribution is -2.38. The van der Waals surface area contributed by atoms with E-state index < -0.39 is 0 Å². The van der Waals surface area contributed by atoms with E-state index in [0.29, 0.717) is 17.9 Å². The number of phenols is 1. The Kier molecular flexibility index (Phi) is 4.02. The van der Waals surface area contributed by atoms with Gasteiger partial charge in [0.1, 0.15) is 5.75 Å². The Labute approximate surface area is 103 Å². The second-order valence-electron chi connectivity index (χ2n) is 4.79. The minimum absolute atomic E-state index is 0.288. The maximum atomic E-state index is 9.26. The van der Waals surface area contributed by atoms with Crippen molar-refractivity contribution in [2.75, 3.05) is 7.11 Å². The molecule has 0 aliphatic heterocycles. The van der Waals surface area contributed by atoms with E-state index in [4.69, 9.17) is 4.74 Å². The van der Waals surface area contributed by atoms with Crippen molar-refractivity contribution in [3.8, 4) is 5.75 Å². The third-order valence-corrected chi connectivity index (χ3v) is 3.61. The van der Waals surface area contributed by atoms with Crippen LogP contribution in [0.15, 0.2) is 24.3 Å². The minimum Gasteiger partial charge on any atom is -0.508 e. The van der Waals surface area contributed by atoms with Gasteiger partial charge >= 0.3 is 0 Å². The van der Waals surface area contributed by atoms with E-state index in [0.717, 1.165) is 6.42 Å². The number of hydrogen-bond acceptors (Lipinski definition) is 3. The van der Waals surface area contributed by atoms with Crippen LogP contribution in [0.3, 0.4) is 0 Å². The Morgan fingerprint density at radius 1 is 1.29 bits per heavy atom. The Hall–Kier alpha value is -1.06. The van der Waals surface area contributed by atoms with E-state index in [1.165, 1.54) is 18.4 Å². The molecule has 0 spiro atoms. The zero-order valence-corrected chi connectivity index (χ0v) is 10.5. The van der Waals surface area contributed by atoms with Crippen molar-refractivity contribution in [2.45, 2.75) is 44.4 Å². The van der Waals surface area contributed by atoms with Crippen LogP contribution in [-0.4, -0.2) is 24.4 Å². The van der Waals surface area contributed by atoms with E-state index in [1.807, 2.05) is 12.1 Å².